The van der Waals surface area contributed by atoms with Crippen LogP contribution in [0.15, 0.2) is 18.5 Å². The minimum atomic E-state index is 0.779. The Kier molecular flexibility index (Phi) is 2.20. The molecule has 0 bridgehead atoms. The molecule has 0 radical (unpaired) electrons. The van der Waals surface area contributed by atoms with Gasteiger partial charge >= 0.3 is 0 Å². The Morgan fingerprint density at radius 3 is 2.88 bits per heavy atom. The largest absolute Gasteiger partial charge is 0.397 e. The molecular formula is C12H16N4. The maximum absolute atomic E-state index is 5.88. The van der Waals surface area contributed by atoms with Crippen molar-refractivity contribution in [1.82, 2.24) is 9.97 Å². The van der Waals surface area contributed by atoms with Crippen LogP contribution in [0.4, 0.5) is 11.4 Å². The molecule has 2 aromatic heterocycles. The van der Waals surface area contributed by atoms with Crippen LogP contribution in [0.2, 0.25) is 0 Å². The van der Waals surface area contributed by atoms with E-state index in [1.807, 2.05) is 6.20 Å². The van der Waals surface area contributed by atoms with Gasteiger partial charge in [0, 0.05) is 24.7 Å². The lowest BCUT2D eigenvalue weighted by molar-refractivity contribution is 0.577. The topological polar surface area (TPSA) is 57.9 Å². The summed E-state index contributed by atoms with van der Waals surface area (Å²) in [6.07, 6.45) is 7.64. The predicted octanol–water partition coefficient (Wildman–Crippen LogP) is 2.14. The number of nitrogen functional groups attached to an aromatic ring is 1. The molecule has 0 atom stereocenters. The third-order valence-corrected chi connectivity index (χ3v) is 3.27. The fourth-order valence-electron chi connectivity index (χ4n) is 2.34. The molecule has 1 saturated heterocycles. The van der Waals surface area contributed by atoms with Gasteiger partial charge in [0.05, 0.1) is 17.6 Å². The number of anilines is 2. The second kappa shape index (κ2) is 3.70. The van der Waals surface area contributed by atoms with Crippen molar-refractivity contribution < 1.29 is 0 Å². The lowest BCUT2D eigenvalue weighted by Crippen LogP contribution is -2.29. The molecule has 1 fully saturated rings. The smallest absolute Gasteiger partial charge is 0.139 e. The summed E-state index contributed by atoms with van der Waals surface area (Å²) in [5.74, 6) is 0. The molecule has 0 aliphatic carbocycles. The summed E-state index contributed by atoms with van der Waals surface area (Å²) >= 11 is 0. The van der Waals surface area contributed by atoms with Crippen molar-refractivity contribution in [3.8, 4) is 0 Å². The first kappa shape index (κ1) is 9.51. The molecule has 4 heteroatoms. The van der Waals surface area contributed by atoms with Crippen LogP contribution in [-0.2, 0) is 0 Å². The number of rotatable bonds is 1. The number of pyridine rings is 1. The van der Waals surface area contributed by atoms with Gasteiger partial charge < -0.3 is 15.6 Å². The molecule has 0 amide bonds. The number of nitrogens with zero attached hydrogens (tertiary/aromatic N) is 2. The summed E-state index contributed by atoms with van der Waals surface area (Å²) in [5, 5.41) is 1.03. The zero-order valence-corrected chi connectivity index (χ0v) is 9.24. The number of aromatic amines is 1. The molecule has 0 unspecified atom stereocenters. The van der Waals surface area contributed by atoms with Crippen LogP contribution in [0.5, 0.6) is 0 Å². The first-order chi connectivity index (χ1) is 7.84. The normalized spacial score (nSPS) is 16.9. The Hall–Kier alpha value is -1.71. The molecule has 1 aliphatic rings. The lowest BCUT2D eigenvalue weighted by Gasteiger charge is -2.28. The van der Waals surface area contributed by atoms with E-state index in [0.29, 0.717) is 0 Å². The third kappa shape index (κ3) is 1.50. The molecule has 3 rings (SSSR count). The second-order valence-electron chi connectivity index (χ2n) is 4.38. The zero-order valence-electron chi connectivity index (χ0n) is 9.24. The fraction of sp³-hybridized carbons (Fsp3) is 0.417. The van der Waals surface area contributed by atoms with Gasteiger partial charge in [-0.1, -0.05) is 0 Å². The van der Waals surface area contributed by atoms with E-state index in [-0.39, 0.29) is 0 Å². The van der Waals surface area contributed by atoms with E-state index in [2.05, 4.69) is 20.9 Å². The van der Waals surface area contributed by atoms with Crippen LogP contribution in [0, 0.1) is 0 Å². The number of hydrogen-bond donors (Lipinski definition) is 2. The maximum Gasteiger partial charge on any atom is 0.139 e. The highest BCUT2D eigenvalue weighted by Crippen LogP contribution is 2.25. The predicted molar refractivity (Wildman–Crippen MR) is 66.6 cm³/mol. The number of nitrogens with two attached hydrogens (primary N) is 1. The van der Waals surface area contributed by atoms with Crippen LogP contribution in [0.25, 0.3) is 11.0 Å². The van der Waals surface area contributed by atoms with Gasteiger partial charge in [0.2, 0.25) is 0 Å². The quantitative estimate of drug-likeness (QED) is 0.767. The SMILES string of the molecule is Nc1c[nH]c2ncc(N3CCCCC3)cc12. The van der Waals surface area contributed by atoms with Gasteiger partial charge in [-0.05, 0) is 25.3 Å². The molecule has 0 spiro atoms. The minimum absolute atomic E-state index is 0.779. The third-order valence-electron chi connectivity index (χ3n) is 3.27. The molecule has 16 heavy (non-hydrogen) atoms. The Balaban J connectivity index is 1.99. The van der Waals surface area contributed by atoms with Gasteiger partial charge in [-0.3, -0.25) is 0 Å². The summed E-state index contributed by atoms with van der Waals surface area (Å²) in [5.41, 5.74) is 8.73. The van der Waals surface area contributed by atoms with Crippen molar-refractivity contribution in [3.63, 3.8) is 0 Å². The molecule has 1 aliphatic heterocycles. The Morgan fingerprint density at radius 2 is 2.06 bits per heavy atom. The Bertz CT molecular complexity index is 497. The van der Waals surface area contributed by atoms with Crippen LogP contribution < -0.4 is 10.6 Å². The standard InChI is InChI=1S/C12H16N4/c13-11-8-15-12-10(11)6-9(7-14-12)16-4-2-1-3-5-16/h6-8H,1-5,13H2,(H,14,15). The second-order valence-corrected chi connectivity index (χ2v) is 4.38. The van der Waals surface area contributed by atoms with E-state index >= 15 is 0 Å². The van der Waals surface area contributed by atoms with E-state index in [9.17, 15) is 0 Å². The van der Waals surface area contributed by atoms with Gasteiger partial charge in [0.25, 0.3) is 0 Å². The molecule has 4 nitrogen and oxygen atoms in total. The summed E-state index contributed by atoms with van der Waals surface area (Å²) in [6.45, 7) is 2.27. The van der Waals surface area contributed by atoms with Gasteiger partial charge in [-0.2, -0.15) is 0 Å². The van der Waals surface area contributed by atoms with E-state index < -0.39 is 0 Å². The number of nitrogens with one attached hydrogen (secondary N) is 1. The van der Waals surface area contributed by atoms with Gasteiger partial charge in [-0.25, -0.2) is 4.98 Å². The summed E-state index contributed by atoms with van der Waals surface area (Å²) < 4.78 is 0. The van der Waals surface area contributed by atoms with Crippen molar-refractivity contribution in [3.05, 3.63) is 18.5 Å². The van der Waals surface area contributed by atoms with Crippen LogP contribution in [0.1, 0.15) is 19.3 Å². The molecule has 2 aromatic rings. The number of piperidine rings is 1. The molecule has 3 N–H and O–H groups in total. The van der Waals surface area contributed by atoms with Crippen LogP contribution in [0.3, 0.4) is 0 Å². The molecule has 3 heterocycles. The zero-order chi connectivity index (χ0) is 11.0. The molecule has 84 valence electrons. The van der Waals surface area contributed by atoms with Gasteiger partial charge in [0.1, 0.15) is 5.65 Å². The summed E-state index contributed by atoms with van der Waals surface area (Å²) in [7, 11) is 0. The molecule has 0 aromatic carbocycles. The van der Waals surface area contributed by atoms with E-state index in [0.717, 1.165) is 29.8 Å². The molecular weight excluding hydrogens is 200 g/mol. The van der Waals surface area contributed by atoms with Gasteiger partial charge in [-0.15, -0.1) is 0 Å². The number of hydrogen-bond acceptors (Lipinski definition) is 3. The Morgan fingerprint density at radius 1 is 1.25 bits per heavy atom. The highest BCUT2D eigenvalue weighted by Gasteiger charge is 2.12. The van der Waals surface area contributed by atoms with Gasteiger partial charge in [0.15, 0.2) is 0 Å². The molecule has 0 saturated carbocycles. The average molecular weight is 216 g/mol. The van der Waals surface area contributed by atoms with Crippen molar-refractivity contribution >= 4 is 22.4 Å². The highest BCUT2D eigenvalue weighted by atomic mass is 15.1. The first-order valence-electron chi connectivity index (χ1n) is 5.82. The van der Waals surface area contributed by atoms with Crippen LogP contribution >= 0.6 is 0 Å². The maximum atomic E-state index is 5.88. The van der Waals surface area contributed by atoms with Crippen LogP contribution in [-0.4, -0.2) is 23.1 Å². The van der Waals surface area contributed by atoms with Crippen molar-refractivity contribution in [2.45, 2.75) is 19.3 Å². The highest BCUT2D eigenvalue weighted by molar-refractivity contribution is 5.90. The van der Waals surface area contributed by atoms with Crippen molar-refractivity contribution in [2.24, 2.45) is 0 Å². The van der Waals surface area contributed by atoms with E-state index in [4.69, 9.17) is 5.73 Å². The van der Waals surface area contributed by atoms with E-state index in [1.165, 1.54) is 24.9 Å². The Labute approximate surface area is 94.5 Å². The monoisotopic (exact) mass is 216 g/mol. The number of aromatic nitrogens is 2. The first-order valence-corrected chi connectivity index (χ1v) is 5.82. The number of H-pyrrole nitrogens is 1. The number of fused-ring (bicyclic) bond motifs is 1. The minimum Gasteiger partial charge on any atom is -0.397 e. The van der Waals surface area contributed by atoms with Crippen molar-refractivity contribution in [2.75, 3.05) is 23.7 Å². The average Bonchev–Trinajstić information content (AvgIpc) is 2.72. The fourth-order valence-corrected chi connectivity index (χ4v) is 2.34. The summed E-state index contributed by atoms with van der Waals surface area (Å²) in [4.78, 5) is 9.85. The summed E-state index contributed by atoms with van der Waals surface area (Å²) in [6, 6.07) is 2.14. The van der Waals surface area contributed by atoms with Crippen molar-refractivity contribution in [1.29, 1.82) is 0 Å². The lowest BCUT2D eigenvalue weighted by atomic mass is 10.1. The van der Waals surface area contributed by atoms with E-state index in [1.54, 1.807) is 6.20 Å².